The molecule has 1 aromatic carbocycles. The van der Waals surface area contributed by atoms with Crippen LogP contribution < -0.4 is 10.6 Å². The van der Waals surface area contributed by atoms with Crippen LogP contribution in [-0.4, -0.2) is 49.9 Å². The van der Waals surface area contributed by atoms with Crippen LogP contribution in [0.1, 0.15) is 33.6 Å². The molecule has 1 aliphatic heterocycles. The first-order chi connectivity index (χ1) is 9.58. The van der Waals surface area contributed by atoms with Crippen LogP contribution in [0.2, 0.25) is 0 Å². The molecule has 21 heavy (non-hydrogen) atoms. The number of nitrogens with zero attached hydrogens (tertiary/aromatic N) is 1. The van der Waals surface area contributed by atoms with Crippen LogP contribution in [0.25, 0.3) is 0 Å². The van der Waals surface area contributed by atoms with Crippen molar-refractivity contribution in [3.05, 3.63) is 35.4 Å². The number of hydrogen-bond donors (Lipinski definition) is 2. The molecule has 5 nitrogen and oxygen atoms in total. The van der Waals surface area contributed by atoms with Crippen molar-refractivity contribution < 1.29 is 9.59 Å². The first-order valence-electron chi connectivity index (χ1n) is 6.91. The highest BCUT2D eigenvalue weighted by Crippen LogP contribution is 2.08. The number of carbonyl (C=O) groups is 2. The fourth-order valence-electron chi connectivity index (χ4n) is 2.27. The molecule has 1 aromatic rings. The second kappa shape index (κ2) is 8.00. The van der Waals surface area contributed by atoms with Gasteiger partial charge in [0.25, 0.3) is 11.8 Å². The normalized spacial score (nSPS) is 17.5. The molecule has 6 heteroatoms. The highest BCUT2D eigenvalue weighted by molar-refractivity contribution is 5.97. The van der Waals surface area contributed by atoms with Gasteiger partial charge < -0.3 is 15.5 Å². The van der Waals surface area contributed by atoms with Crippen LogP contribution in [0.3, 0.4) is 0 Å². The minimum atomic E-state index is -0.0810. The zero-order valence-electron chi connectivity index (χ0n) is 12.4. The molecule has 0 saturated carbocycles. The van der Waals surface area contributed by atoms with E-state index in [-0.39, 0.29) is 30.3 Å². The first kappa shape index (κ1) is 17.5. The third-order valence-electron chi connectivity index (χ3n) is 3.43. The molecule has 1 atom stereocenters. The summed E-state index contributed by atoms with van der Waals surface area (Å²) in [5, 5.41) is 6.27. The summed E-state index contributed by atoms with van der Waals surface area (Å²) in [6.45, 7) is 1.84. The lowest BCUT2D eigenvalue weighted by Crippen LogP contribution is -2.45. The first-order valence-corrected chi connectivity index (χ1v) is 6.91. The molecule has 1 aliphatic rings. The maximum absolute atomic E-state index is 12.1. The molecule has 0 aromatic heterocycles. The van der Waals surface area contributed by atoms with Crippen LogP contribution in [0.5, 0.6) is 0 Å². The maximum atomic E-state index is 12.1. The van der Waals surface area contributed by atoms with Crippen LogP contribution >= 0.6 is 12.4 Å². The smallest absolute Gasteiger partial charge is 0.253 e. The molecule has 2 N–H and O–H groups in total. The van der Waals surface area contributed by atoms with E-state index in [1.807, 2.05) is 0 Å². The van der Waals surface area contributed by atoms with Gasteiger partial charge in [-0.15, -0.1) is 12.4 Å². The van der Waals surface area contributed by atoms with Crippen molar-refractivity contribution in [2.24, 2.45) is 0 Å². The largest absolute Gasteiger partial charge is 0.348 e. The molecule has 0 radical (unpaired) electrons. The highest BCUT2D eigenvalue weighted by Gasteiger charge is 2.16. The minimum absolute atomic E-state index is 0. The summed E-state index contributed by atoms with van der Waals surface area (Å²) in [7, 11) is 3.41. The van der Waals surface area contributed by atoms with Gasteiger partial charge in [0.2, 0.25) is 0 Å². The van der Waals surface area contributed by atoms with E-state index < -0.39 is 0 Å². The Bertz CT molecular complexity index is 482. The third-order valence-corrected chi connectivity index (χ3v) is 3.43. The summed E-state index contributed by atoms with van der Waals surface area (Å²) in [5.41, 5.74) is 1.18. The van der Waals surface area contributed by atoms with Gasteiger partial charge in [-0.2, -0.15) is 0 Å². The fourth-order valence-corrected chi connectivity index (χ4v) is 2.27. The van der Waals surface area contributed by atoms with Crippen molar-refractivity contribution in [1.29, 1.82) is 0 Å². The van der Waals surface area contributed by atoms with Gasteiger partial charge in [0.05, 0.1) is 0 Å². The molecule has 2 rings (SSSR count). The highest BCUT2D eigenvalue weighted by atomic mass is 35.5. The number of piperidine rings is 1. The van der Waals surface area contributed by atoms with Crippen LogP contribution in [0.15, 0.2) is 24.3 Å². The van der Waals surface area contributed by atoms with Gasteiger partial charge in [0.1, 0.15) is 0 Å². The lowest BCUT2D eigenvalue weighted by Gasteiger charge is -2.23. The molecular weight excluding hydrogens is 290 g/mol. The van der Waals surface area contributed by atoms with Crippen molar-refractivity contribution >= 4 is 24.2 Å². The lowest BCUT2D eigenvalue weighted by atomic mass is 10.1. The Morgan fingerprint density at radius 2 is 1.81 bits per heavy atom. The fraction of sp³-hybridized carbons (Fsp3) is 0.467. The summed E-state index contributed by atoms with van der Waals surface area (Å²) < 4.78 is 0. The lowest BCUT2D eigenvalue weighted by molar-refractivity contribution is 0.0826. The van der Waals surface area contributed by atoms with E-state index in [9.17, 15) is 9.59 Å². The summed E-state index contributed by atoms with van der Waals surface area (Å²) in [6.07, 6.45) is 2.09. The molecular formula is C15H22ClN3O2. The van der Waals surface area contributed by atoms with Gasteiger partial charge >= 0.3 is 0 Å². The molecule has 116 valence electrons. The Kier molecular flexibility index (Phi) is 6.65. The molecule has 0 spiro atoms. The second-order valence-electron chi connectivity index (χ2n) is 5.29. The zero-order valence-corrected chi connectivity index (χ0v) is 13.2. The van der Waals surface area contributed by atoms with Crippen molar-refractivity contribution in [2.45, 2.75) is 18.9 Å². The van der Waals surface area contributed by atoms with E-state index in [0.29, 0.717) is 11.1 Å². The Balaban J connectivity index is 0.00000220. The number of hydrogen-bond acceptors (Lipinski definition) is 3. The number of benzene rings is 1. The van der Waals surface area contributed by atoms with Crippen molar-refractivity contribution in [3.63, 3.8) is 0 Å². The van der Waals surface area contributed by atoms with E-state index in [0.717, 1.165) is 25.9 Å². The average molecular weight is 312 g/mol. The second-order valence-corrected chi connectivity index (χ2v) is 5.29. The van der Waals surface area contributed by atoms with Crippen LogP contribution in [0, 0.1) is 0 Å². The Labute approximate surface area is 131 Å². The van der Waals surface area contributed by atoms with Gasteiger partial charge in [0.15, 0.2) is 0 Å². The number of nitrogens with one attached hydrogen (secondary N) is 2. The molecule has 1 heterocycles. The summed E-state index contributed by atoms with van der Waals surface area (Å²) in [4.78, 5) is 25.4. The monoisotopic (exact) mass is 311 g/mol. The van der Waals surface area contributed by atoms with Gasteiger partial charge in [-0.25, -0.2) is 0 Å². The number of rotatable bonds is 3. The number of amides is 2. The topological polar surface area (TPSA) is 61.4 Å². The molecule has 2 amide bonds. The Hall–Kier alpha value is -1.59. The van der Waals surface area contributed by atoms with Crippen LogP contribution in [0.4, 0.5) is 0 Å². The molecule has 0 bridgehead atoms. The van der Waals surface area contributed by atoms with E-state index in [2.05, 4.69) is 10.6 Å². The van der Waals surface area contributed by atoms with E-state index in [4.69, 9.17) is 0 Å². The Morgan fingerprint density at radius 3 is 2.33 bits per heavy atom. The quantitative estimate of drug-likeness (QED) is 0.884. The van der Waals surface area contributed by atoms with Crippen molar-refractivity contribution in [1.82, 2.24) is 15.5 Å². The summed E-state index contributed by atoms with van der Waals surface area (Å²) in [5.74, 6) is -0.143. The molecule has 1 fully saturated rings. The standard InChI is InChI=1S/C15H21N3O2.ClH/c1-18(2)15(20)12-7-5-11(6-8-12)14(19)17-13-4-3-9-16-10-13;/h5-8,13,16H,3-4,9-10H2,1-2H3,(H,17,19);1H/t13-;/m0./s1. The van der Waals surface area contributed by atoms with Gasteiger partial charge in [-0.05, 0) is 43.7 Å². The van der Waals surface area contributed by atoms with Crippen LogP contribution in [-0.2, 0) is 0 Å². The Morgan fingerprint density at radius 1 is 1.19 bits per heavy atom. The molecule has 1 saturated heterocycles. The van der Waals surface area contributed by atoms with Crippen molar-refractivity contribution in [2.75, 3.05) is 27.2 Å². The van der Waals surface area contributed by atoms with E-state index in [1.165, 1.54) is 4.90 Å². The van der Waals surface area contributed by atoms with E-state index >= 15 is 0 Å². The minimum Gasteiger partial charge on any atom is -0.348 e. The molecule has 0 unspecified atom stereocenters. The van der Waals surface area contributed by atoms with Gasteiger partial charge in [0, 0.05) is 37.8 Å². The SMILES string of the molecule is CN(C)C(=O)c1ccc(C(=O)N[C@H]2CCCNC2)cc1.Cl. The number of halogens is 1. The molecule has 0 aliphatic carbocycles. The van der Waals surface area contributed by atoms with Crippen molar-refractivity contribution in [3.8, 4) is 0 Å². The zero-order chi connectivity index (χ0) is 14.5. The van der Waals surface area contributed by atoms with E-state index in [1.54, 1.807) is 38.4 Å². The summed E-state index contributed by atoms with van der Waals surface area (Å²) >= 11 is 0. The third kappa shape index (κ3) is 4.72. The van der Waals surface area contributed by atoms with Gasteiger partial charge in [-0.1, -0.05) is 0 Å². The predicted octanol–water partition coefficient (Wildman–Crippen LogP) is 1.29. The average Bonchev–Trinajstić information content (AvgIpc) is 2.47. The maximum Gasteiger partial charge on any atom is 0.253 e. The number of carbonyl (C=O) groups excluding carboxylic acids is 2. The van der Waals surface area contributed by atoms with Gasteiger partial charge in [-0.3, -0.25) is 9.59 Å². The predicted molar refractivity (Wildman–Crippen MR) is 85.1 cm³/mol. The summed E-state index contributed by atoms with van der Waals surface area (Å²) in [6, 6.07) is 6.97.